The summed E-state index contributed by atoms with van der Waals surface area (Å²) in [7, 11) is 0.466. The smallest absolute Gasteiger partial charge is 0.253 e. The summed E-state index contributed by atoms with van der Waals surface area (Å²) in [6.07, 6.45) is 0.509. The minimum Gasteiger partial charge on any atom is -0.350 e. The number of benzene rings is 1. The van der Waals surface area contributed by atoms with Gasteiger partial charge in [0.1, 0.15) is 0 Å². The highest BCUT2D eigenvalue weighted by molar-refractivity contribution is 7.92. The number of para-hydroxylation sites is 1. The van der Waals surface area contributed by atoms with Crippen molar-refractivity contribution in [1.82, 2.24) is 10.2 Å². The first-order valence-electron chi connectivity index (χ1n) is 8.41. The molecule has 142 valence electrons. The molecule has 1 heterocycles. The predicted molar refractivity (Wildman–Crippen MR) is 107 cm³/mol. The Hall–Kier alpha value is -1.90. The SMILES string of the molecule is CCCS(=O)(=O)Nc1ccccc1C(=O)NCC(c1cccs1)N(C)C. The van der Waals surface area contributed by atoms with Crippen molar-refractivity contribution in [3.8, 4) is 0 Å². The van der Waals surface area contributed by atoms with Crippen LogP contribution in [0.4, 0.5) is 5.69 Å². The number of thiophene rings is 1. The van der Waals surface area contributed by atoms with E-state index in [4.69, 9.17) is 0 Å². The van der Waals surface area contributed by atoms with Crippen LogP contribution in [-0.4, -0.2) is 45.6 Å². The summed E-state index contributed by atoms with van der Waals surface area (Å²) in [5.74, 6) is -0.285. The number of nitrogens with zero attached hydrogens (tertiary/aromatic N) is 1. The van der Waals surface area contributed by atoms with Gasteiger partial charge in [0.2, 0.25) is 10.0 Å². The fourth-order valence-electron chi connectivity index (χ4n) is 2.56. The monoisotopic (exact) mass is 395 g/mol. The molecule has 0 aliphatic rings. The molecule has 0 saturated heterocycles. The number of anilines is 1. The van der Waals surface area contributed by atoms with Crippen molar-refractivity contribution in [2.75, 3.05) is 31.1 Å². The molecule has 0 bridgehead atoms. The number of carbonyl (C=O) groups is 1. The second-order valence-electron chi connectivity index (χ2n) is 6.17. The number of nitrogens with one attached hydrogen (secondary N) is 2. The number of hydrogen-bond donors (Lipinski definition) is 2. The van der Waals surface area contributed by atoms with E-state index in [1.807, 2.05) is 36.5 Å². The van der Waals surface area contributed by atoms with Gasteiger partial charge in [-0.15, -0.1) is 11.3 Å². The Morgan fingerprint density at radius 1 is 1.19 bits per heavy atom. The molecule has 6 nitrogen and oxygen atoms in total. The number of rotatable bonds is 9. The van der Waals surface area contributed by atoms with Crippen molar-refractivity contribution in [3.63, 3.8) is 0 Å². The summed E-state index contributed by atoms with van der Waals surface area (Å²) >= 11 is 1.64. The Kier molecular flexibility index (Phi) is 7.19. The molecule has 0 spiro atoms. The molecule has 2 rings (SSSR count). The van der Waals surface area contributed by atoms with Crippen LogP contribution in [0, 0.1) is 0 Å². The number of hydrogen-bond acceptors (Lipinski definition) is 5. The third kappa shape index (κ3) is 5.55. The average Bonchev–Trinajstić information content (AvgIpc) is 3.08. The zero-order chi connectivity index (χ0) is 19.2. The summed E-state index contributed by atoms with van der Waals surface area (Å²) in [6.45, 7) is 2.23. The number of sulfonamides is 1. The average molecular weight is 396 g/mol. The minimum atomic E-state index is -3.46. The van der Waals surface area contributed by atoms with E-state index in [-0.39, 0.29) is 17.7 Å². The van der Waals surface area contributed by atoms with E-state index in [1.165, 1.54) is 0 Å². The van der Waals surface area contributed by atoms with E-state index < -0.39 is 10.0 Å². The highest BCUT2D eigenvalue weighted by Gasteiger charge is 2.19. The van der Waals surface area contributed by atoms with E-state index in [0.29, 0.717) is 24.2 Å². The second kappa shape index (κ2) is 9.16. The summed E-state index contributed by atoms with van der Waals surface area (Å²) < 4.78 is 26.6. The van der Waals surface area contributed by atoms with Gasteiger partial charge >= 0.3 is 0 Å². The van der Waals surface area contributed by atoms with Gasteiger partial charge in [-0.1, -0.05) is 25.1 Å². The first kappa shape index (κ1) is 20.4. The maximum absolute atomic E-state index is 12.6. The highest BCUT2D eigenvalue weighted by atomic mass is 32.2. The highest BCUT2D eigenvalue weighted by Crippen LogP contribution is 2.23. The number of likely N-dealkylation sites (N-methyl/N-ethyl adjacent to an activating group) is 1. The standard InChI is InChI=1S/C18H25N3O3S2/c1-4-12-26(23,24)20-15-9-6-5-8-14(15)18(22)19-13-16(21(2)3)17-10-7-11-25-17/h5-11,16,20H,4,12-13H2,1-3H3,(H,19,22). The van der Waals surface area contributed by atoms with Crippen LogP contribution in [0.25, 0.3) is 0 Å². The molecular weight excluding hydrogens is 370 g/mol. The third-order valence-electron chi connectivity index (χ3n) is 3.86. The summed E-state index contributed by atoms with van der Waals surface area (Å²) in [6, 6.07) is 10.7. The number of carbonyl (C=O) groups excluding carboxylic acids is 1. The van der Waals surface area contributed by atoms with Gasteiger partial charge in [0, 0.05) is 11.4 Å². The van der Waals surface area contributed by atoms with Gasteiger partial charge < -0.3 is 10.2 Å². The summed E-state index contributed by atoms with van der Waals surface area (Å²) in [5, 5.41) is 4.92. The molecule has 0 aliphatic carbocycles. The summed E-state index contributed by atoms with van der Waals surface area (Å²) in [5.41, 5.74) is 0.617. The maximum Gasteiger partial charge on any atom is 0.253 e. The molecule has 1 aromatic heterocycles. The van der Waals surface area contributed by atoms with E-state index in [0.717, 1.165) is 4.88 Å². The molecule has 2 N–H and O–H groups in total. The lowest BCUT2D eigenvalue weighted by Gasteiger charge is -2.23. The van der Waals surface area contributed by atoms with Crippen LogP contribution in [0.15, 0.2) is 41.8 Å². The molecule has 26 heavy (non-hydrogen) atoms. The van der Waals surface area contributed by atoms with Crippen LogP contribution < -0.4 is 10.0 Å². The largest absolute Gasteiger partial charge is 0.350 e. The maximum atomic E-state index is 12.6. The molecule has 1 unspecified atom stereocenters. The van der Waals surface area contributed by atoms with Gasteiger partial charge in [-0.2, -0.15) is 0 Å². The summed E-state index contributed by atoms with van der Waals surface area (Å²) in [4.78, 5) is 15.8. The van der Waals surface area contributed by atoms with Crippen LogP contribution in [0.3, 0.4) is 0 Å². The van der Waals surface area contributed by atoms with Gasteiger partial charge in [-0.05, 0) is 44.1 Å². The van der Waals surface area contributed by atoms with Gasteiger partial charge in [-0.25, -0.2) is 8.42 Å². The van der Waals surface area contributed by atoms with Crippen molar-refractivity contribution in [2.24, 2.45) is 0 Å². The van der Waals surface area contributed by atoms with Crippen molar-refractivity contribution in [1.29, 1.82) is 0 Å². The quantitative estimate of drug-likeness (QED) is 0.684. The van der Waals surface area contributed by atoms with Crippen LogP contribution in [0.2, 0.25) is 0 Å². The molecule has 0 radical (unpaired) electrons. The first-order chi connectivity index (χ1) is 12.3. The van der Waals surface area contributed by atoms with Gasteiger partial charge in [0.25, 0.3) is 5.91 Å². The lowest BCUT2D eigenvalue weighted by molar-refractivity contribution is 0.0943. The minimum absolute atomic E-state index is 0.0179. The molecule has 0 saturated carbocycles. The molecule has 2 aromatic rings. The first-order valence-corrected chi connectivity index (χ1v) is 10.9. The van der Waals surface area contributed by atoms with Crippen molar-refractivity contribution in [2.45, 2.75) is 19.4 Å². The van der Waals surface area contributed by atoms with Crippen LogP contribution in [0.5, 0.6) is 0 Å². The number of amides is 1. The van der Waals surface area contributed by atoms with E-state index in [2.05, 4.69) is 10.0 Å². The van der Waals surface area contributed by atoms with E-state index in [1.54, 1.807) is 42.5 Å². The Morgan fingerprint density at radius 2 is 1.92 bits per heavy atom. The van der Waals surface area contributed by atoms with E-state index >= 15 is 0 Å². The van der Waals surface area contributed by atoms with Crippen molar-refractivity contribution in [3.05, 3.63) is 52.2 Å². The fourth-order valence-corrected chi connectivity index (χ4v) is 4.64. The van der Waals surface area contributed by atoms with Gasteiger partial charge in [-0.3, -0.25) is 9.52 Å². The Labute approximate surface area is 159 Å². The van der Waals surface area contributed by atoms with Gasteiger partial charge in [0.05, 0.1) is 23.0 Å². The molecular formula is C18H25N3O3S2. The van der Waals surface area contributed by atoms with E-state index in [9.17, 15) is 13.2 Å². The zero-order valence-electron chi connectivity index (χ0n) is 15.2. The molecule has 1 amide bonds. The van der Waals surface area contributed by atoms with Crippen LogP contribution in [-0.2, 0) is 10.0 Å². The van der Waals surface area contributed by atoms with Crippen LogP contribution >= 0.6 is 11.3 Å². The predicted octanol–water partition coefficient (Wildman–Crippen LogP) is 2.93. The molecule has 1 aromatic carbocycles. The van der Waals surface area contributed by atoms with Crippen molar-refractivity contribution < 1.29 is 13.2 Å². The normalized spacial score (nSPS) is 12.8. The lowest BCUT2D eigenvalue weighted by atomic mass is 10.1. The molecule has 0 aliphatic heterocycles. The fraction of sp³-hybridized carbons (Fsp3) is 0.389. The van der Waals surface area contributed by atoms with Crippen LogP contribution in [0.1, 0.15) is 34.6 Å². The Bertz CT molecular complexity index is 818. The van der Waals surface area contributed by atoms with Crippen molar-refractivity contribution >= 4 is 33.0 Å². The third-order valence-corrected chi connectivity index (χ3v) is 6.31. The Balaban J connectivity index is 2.12. The molecule has 8 heteroatoms. The second-order valence-corrected chi connectivity index (χ2v) is 8.99. The molecule has 1 atom stereocenters. The molecule has 0 fully saturated rings. The zero-order valence-corrected chi connectivity index (χ0v) is 16.9. The lowest BCUT2D eigenvalue weighted by Crippen LogP contribution is -2.34. The van der Waals surface area contributed by atoms with Gasteiger partial charge in [0.15, 0.2) is 0 Å². The Morgan fingerprint density at radius 3 is 2.54 bits per heavy atom. The topological polar surface area (TPSA) is 78.5 Å².